The summed E-state index contributed by atoms with van der Waals surface area (Å²) in [5.74, 6) is -14.1. The predicted molar refractivity (Wildman–Crippen MR) is 133 cm³/mol. The maximum Gasteiger partial charge on any atom is 0.309 e. The third-order valence-corrected chi connectivity index (χ3v) is 9.27. The Morgan fingerprint density at radius 2 is 1.72 bits per heavy atom. The number of benzene rings is 1. The lowest BCUT2D eigenvalue weighted by Crippen LogP contribution is -2.78. The largest absolute Gasteiger partial charge is 0.507 e. The van der Waals surface area contributed by atoms with Crippen LogP contribution in [0.5, 0.6) is 5.75 Å². The van der Waals surface area contributed by atoms with Crippen LogP contribution in [-0.4, -0.2) is 82.0 Å². The molecule has 0 radical (unpaired) electrons. The van der Waals surface area contributed by atoms with Gasteiger partial charge in [-0.3, -0.25) is 33.7 Å². The molecule has 8 atom stereocenters. The lowest BCUT2D eigenvalue weighted by atomic mass is 9.49. The van der Waals surface area contributed by atoms with Gasteiger partial charge in [0, 0.05) is 5.92 Å². The van der Waals surface area contributed by atoms with Crippen molar-refractivity contribution >= 4 is 35.0 Å². The number of phenols is 1. The van der Waals surface area contributed by atoms with E-state index < -0.39 is 88.3 Å². The van der Waals surface area contributed by atoms with E-state index in [1.165, 1.54) is 25.1 Å². The highest BCUT2D eigenvalue weighted by atomic mass is 16.5. The van der Waals surface area contributed by atoms with E-state index in [9.17, 15) is 39.0 Å². The van der Waals surface area contributed by atoms with Crippen molar-refractivity contribution in [1.82, 2.24) is 4.90 Å². The molecule has 3 saturated carbocycles. The van der Waals surface area contributed by atoms with E-state index in [0.29, 0.717) is 18.4 Å². The number of Topliss-reactive ketones (excluding diaryl/α,β-unsaturated/α-hetero) is 4. The number of likely N-dealkylation sites (N-methyl/N-ethyl adjacent to an activating group) is 1. The SMILES string of the molecule is C[C@@H]1c2cccc(O)c2C(=O)C2C(=O)[C@@]3(O)C(=O)C(C(N)=O)C(=O)[C@H](N(C)C)[C@H]3[C@H](OC(=O)C3CCCC3)[C@H]21. The van der Waals surface area contributed by atoms with Crippen molar-refractivity contribution in [3.05, 3.63) is 29.3 Å². The van der Waals surface area contributed by atoms with Gasteiger partial charge in [0.25, 0.3) is 0 Å². The normalized spacial score (nSPS) is 36.4. The third kappa shape index (κ3) is 3.70. The molecule has 0 saturated heterocycles. The Bertz CT molecular complexity index is 1300. The lowest BCUT2D eigenvalue weighted by molar-refractivity contribution is -0.207. The molecular weight excluding hydrogens is 508 g/mol. The molecule has 1 aromatic carbocycles. The second kappa shape index (κ2) is 9.34. The molecule has 11 heteroatoms. The number of fused-ring (bicyclic) bond motifs is 3. The van der Waals surface area contributed by atoms with E-state index in [4.69, 9.17) is 10.5 Å². The van der Waals surface area contributed by atoms with E-state index in [2.05, 4.69) is 0 Å². The zero-order chi connectivity index (χ0) is 28.5. The van der Waals surface area contributed by atoms with Crippen LogP contribution in [0.25, 0.3) is 0 Å². The Balaban J connectivity index is 1.75. The summed E-state index contributed by atoms with van der Waals surface area (Å²) in [4.78, 5) is 82.2. The first kappa shape index (κ1) is 27.1. The van der Waals surface area contributed by atoms with E-state index in [0.717, 1.165) is 12.8 Å². The summed E-state index contributed by atoms with van der Waals surface area (Å²) in [7, 11) is 2.96. The minimum atomic E-state index is -3.01. The quantitative estimate of drug-likeness (QED) is 0.351. The van der Waals surface area contributed by atoms with Crippen LogP contribution in [0.4, 0.5) is 0 Å². The molecule has 39 heavy (non-hydrogen) atoms. The number of carbonyl (C=O) groups excluding carboxylic acids is 6. The molecule has 208 valence electrons. The van der Waals surface area contributed by atoms with E-state index in [1.54, 1.807) is 19.1 Å². The van der Waals surface area contributed by atoms with Crippen LogP contribution < -0.4 is 5.73 Å². The number of aliphatic hydroxyl groups is 1. The summed E-state index contributed by atoms with van der Waals surface area (Å²) in [5.41, 5.74) is 2.69. The van der Waals surface area contributed by atoms with Crippen molar-refractivity contribution in [2.45, 2.75) is 56.3 Å². The fourth-order valence-corrected chi connectivity index (χ4v) is 7.46. The van der Waals surface area contributed by atoms with Crippen LogP contribution in [0, 0.1) is 29.6 Å². The molecule has 11 nitrogen and oxygen atoms in total. The number of nitrogens with two attached hydrogens (primary N) is 1. The predicted octanol–water partition coefficient (Wildman–Crippen LogP) is 0.140. The van der Waals surface area contributed by atoms with Crippen molar-refractivity contribution in [3.8, 4) is 5.75 Å². The molecule has 0 bridgehead atoms. The van der Waals surface area contributed by atoms with Gasteiger partial charge in [-0.1, -0.05) is 31.9 Å². The number of nitrogens with zero attached hydrogens (tertiary/aromatic N) is 1. The highest BCUT2D eigenvalue weighted by molar-refractivity contribution is 6.32. The Hall–Kier alpha value is -3.44. The summed E-state index contributed by atoms with van der Waals surface area (Å²) in [6, 6.07) is 3.07. The van der Waals surface area contributed by atoms with Gasteiger partial charge < -0.3 is 20.7 Å². The third-order valence-electron chi connectivity index (χ3n) is 9.27. The number of primary amides is 1. The average molecular weight is 541 g/mol. The molecular formula is C28H32N2O9. The summed E-state index contributed by atoms with van der Waals surface area (Å²) < 4.78 is 6.05. The standard InChI is InChI=1S/C28H32N2O9/c1-11-13-9-6-10-14(31)16(13)21(32)17-15(11)23(39-27(37)12-7-4-5-8-12)19-20(30(2)3)22(33)18(26(29)36)25(35)28(19,38)24(17)34/h6,9-12,15,17-20,23,31,38H,4-5,7-8H2,1-3H3,(H2,29,36)/t11-,15+,17?,18?,19+,20-,23-,28-/m1/s1. The molecule has 0 heterocycles. The van der Waals surface area contributed by atoms with E-state index in [1.807, 2.05) is 0 Å². The van der Waals surface area contributed by atoms with Crippen LogP contribution in [0.15, 0.2) is 18.2 Å². The second-order valence-electron chi connectivity index (χ2n) is 11.5. The molecule has 4 N–H and O–H groups in total. The number of ketones is 4. The molecule has 4 aliphatic carbocycles. The van der Waals surface area contributed by atoms with Crippen LogP contribution in [-0.2, 0) is 28.7 Å². The van der Waals surface area contributed by atoms with E-state index in [-0.39, 0.29) is 11.3 Å². The van der Waals surface area contributed by atoms with Gasteiger partial charge in [-0.15, -0.1) is 0 Å². The van der Waals surface area contributed by atoms with Gasteiger partial charge in [0.1, 0.15) is 11.9 Å². The van der Waals surface area contributed by atoms with Gasteiger partial charge in [-0.2, -0.15) is 0 Å². The van der Waals surface area contributed by atoms with Crippen LogP contribution in [0.1, 0.15) is 54.4 Å². The molecule has 0 aromatic heterocycles. The van der Waals surface area contributed by atoms with Crippen molar-refractivity contribution in [2.75, 3.05) is 14.1 Å². The molecule has 1 amide bonds. The summed E-state index contributed by atoms with van der Waals surface area (Å²) >= 11 is 0. The second-order valence-corrected chi connectivity index (χ2v) is 11.5. The Labute approximate surface area is 224 Å². The number of hydrogen-bond acceptors (Lipinski definition) is 10. The lowest BCUT2D eigenvalue weighted by Gasteiger charge is -2.56. The average Bonchev–Trinajstić information content (AvgIpc) is 3.41. The van der Waals surface area contributed by atoms with Gasteiger partial charge in [0.2, 0.25) is 5.91 Å². The Morgan fingerprint density at radius 3 is 2.31 bits per heavy atom. The number of esters is 1. The van der Waals surface area contributed by atoms with Crippen molar-refractivity contribution in [2.24, 2.45) is 35.3 Å². The Morgan fingerprint density at radius 1 is 1.08 bits per heavy atom. The Kier molecular flexibility index (Phi) is 6.50. The molecule has 1 aromatic rings. The number of aromatic hydroxyl groups is 1. The zero-order valence-electron chi connectivity index (χ0n) is 22.0. The maximum absolute atomic E-state index is 14.1. The van der Waals surface area contributed by atoms with Crippen LogP contribution >= 0.6 is 0 Å². The number of phenolic OH excluding ortho intramolecular Hbond substituents is 1. The highest BCUT2D eigenvalue weighted by Crippen LogP contribution is 2.55. The van der Waals surface area contributed by atoms with Crippen molar-refractivity contribution in [1.29, 1.82) is 0 Å². The minimum absolute atomic E-state index is 0.113. The van der Waals surface area contributed by atoms with Crippen molar-refractivity contribution < 1.29 is 43.7 Å². The van der Waals surface area contributed by atoms with Crippen molar-refractivity contribution in [3.63, 3.8) is 0 Å². The zero-order valence-corrected chi connectivity index (χ0v) is 22.0. The summed E-state index contributed by atoms with van der Waals surface area (Å²) in [6.07, 6.45) is 1.40. The van der Waals surface area contributed by atoms with Crippen LogP contribution in [0.2, 0.25) is 0 Å². The molecule has 5 rings (SSSR count). The maximum atomic E-state index is 14.1. The number of hydrogen-bond donors (Lipinski definition) is 3. The number of ether oxygens (including phenoxy) is 1. The minimum Gasteiger partial charge on any atom is -0.507 e. The molecule has 3 fully saturated rings. The monoisotopic (exact) mass is 540 g/mol. The van der Waals surface area contributed by atoms with Gasteiger partial charge in [0.05, 0.1) is 29.4 Å². The number of amides is 1. The van der Waals surface area contributed by atoms with Gasteiger partial charge in [-0.05, 0) is 44.5 Å². The fraction of sp³-hybridized carbons (Fsp3) is 0.571. The molecule has 4 aliphatic rings. The molecule has 2 unspecified atom stereocenters. The van der Waals surface area contributed by atoms with Gasteiger partial charge in [0.15, 0.2) is 34.7 Å². The van der Waals surface area contributed by atoms with Gasteiger partial charge >= 0.3 is 5.97 Å². The van der Waals surface area contributed by atoms with Gasteiger partial charge in [-0.25, -0.2) is 0 Å². The smallest absolute Gasteiger partial charge is 0.309 e. The number of rotatable bonds is 4. The van der Waals surface area contributed by atoms with Crippen LogP contribution in [0.3, 0.4) is 0 Å². The first-order valence-electron chi connectivity index (χ1n) is 13.2. The summed E-state index contributed by atoms with van der Waals surface area (Å²) in [6.45, 7) is 1.71. The molecule has 0 aliphatic heterocycles. The topological polar surface area (TPSA) is 181 Å². The molecule has 0 spiro atoms. The summed E-state index contributed by atoms with van der Waals surface area (Å²) in [5, 5.41) is 22.5. The first-order chi connectivity index (χ1) is 18.3. The fourth-order valence-electron chi connectivity index (χ4n) is 7.46. The first-order valence-corrected chi connectivity index (χ1v) is 13.2. The highest BCUT2D eigenvalue weighted by Gasteiger charge is 2.74. The number of carbonyl (C=O) groups is 6. The van der Waals surface area contributed by atoms with E-state index >= 15 is 0 Å².